The summed E-state index contributed by atoms with van der Waals surface area (Å²) >= 11 is 0. The van der Waals surface area contributed by atoms with Crippen molar-refractivity contribution in [1.29, 1.82) is 0 Å². The van der Waals surface area contributed by atoms with E-state index in [9.17, 15) is 0 Å². The van der Waals surface area contributed by atoms with Gasteiger partial charge in [-0.15, -0.1) is 0 Å². The zero-order valence-corrected chi connectivity index (χ0v) is 28.0. The molecule has 2 aromatic carbocycles. The summed E-state index contributed by atoms with van der Waals surface area (Å²) in [6, 6.07) is 9.77. The maximum absolute atomic E-state index is 2.45. The van der Waals surface area contributed by atoms with Crippen molar-refractivity contribution in [2.45, 2.75) is 164 Å². The van der Waals surface area contributed by atoms with Crippen LogP contribution in [0.1, 0.15) is 169 Å². The summed E-state index contributed by atoms with van der Waals surface area (Å²) in [5.74, 6) is 0. The van der Waals surface area contributed by atoms with Crippen LogP contribution in [-0.2, 0) is 38.9 Å². The summed E-state index contributed by atoms with van der Waals surface area (Å²) in [7, 11) is 0. The standard InChI is InChI=1S/C37H60/c1-32(2,3)26-19-21-28(34(7,8)9)30(36(13,14)15)24(26)23-25-27(33(4,5)6)20-22-29(35(10,11)12)31(25)37(16,17)18/h19-22H,23H2,1-18H3. The topological polar surface area (TPSA) is 0 Å². The lowest BCUT2D eigenvalue weighted by Gasteiger charge is -2.39. The zero-order chi connectivity index (χ0) is 29.2. The zero-order valence-electron chi connectivity index (χ0n) is 28.0. The highest BCUT2D eigenvalue weighted by Gasteiger charge is 2.35. The number of rotatable bonds is 2. The molecule has 2 rings (SSSR count). The van der Waals surface area contributed by atoms with Crippen molar-refractivity contribution in [2.75, 3.05) is 0 Å². The second-order valence-electron chi connectivity index (χ2n) is 17.7. The SMILES string of the molecule is CC(C)(C)c1ccc(C(C)(C)C)c(C(C)(C)C)c1Cc1c(C(C)(C)C)ccc(C(C)(C)C)c1C(C)(C)C. The van der Waals surface area contributed by atoms with Crippen LogP contribution in [0.5, 0.6) is 0 Å². The second kappa shape index (κ2) is 9.57. The van der Waals surface area contributed by atoms with Crippen LogP contribution in [0, 0.1) is 0 Å². The Kier molecular flexibility index (Phi) is 8.19. The molecule has 0 aliphatic carbocycles. The molecular formula is C37H60. The Balaban J connectivity index is 3.22. The molecule has 0 atom stereocenters. The lowest BCUT2D eigenvalue weighted by atomic mass is 9.65. The van der Waals surface area contributed by atoms with E-state index in [2.05, 4.69) is 149 Å². The van der Waals surface area contributed by atoms with E-state index < -0.39 is 0 Å². The van der Waals surface area contributed by atoms with Crippen LogP contribution in [0.4, 0.5) is 0 Å². The molecule has 0 aromatic heterocycles. The van der Waals surface area contributed by atoms with Gasteiger partial charge in [0.15, 0.2) is 0 Å². The fraction of sp³-hybridized carbons (Fsp3) is 0.676. The van der Waals surface area contributed by atoms with Crippen molar-refractivity contribution in [3.63, 3.8) is 0 Å². The van der Waals surface area contributed by atoms with Crippen molar-refractivity contribution < 1.29 is 0 Å². The third-order valence-corrected chi connectivity index (χ3v) is 7.71. The van der Waals surface area contributed by atoms with E-state index in [1.54, 1.807) is 22.3 Å². The van der Waals surface area contributed by atoms with Crippen LogP contribution in [0.25, 0.3) is 0 Å². The van der Waals surface area contributed by atoms with Crippen LogP contribution in [0.15, 0.2) is 24.3 Å². The largest absolute Gasteiger partial charge is 0.0579 e. The summed E-state index contributed by atoms with van der Waals surface area (Å²) < 4.78 is 0. The van der Waals surface area contributed by atoms with Crippen molar-refractivity contribution in [2.24, 2.45) is 0 Å². The Hall–Kier alpha value is -1.56. The lowest BCUT2D eigenvalue weighted by Crippen LogP contribution is -2.30. The molecule has 0 N–H and O–H groups in total. The quantitative estimate of drug-likeness (QED) is 0.381. The van der Waals surface area contributed by atoms with Crippen molar-refractivity contribution in [3.05, 3.63) is 68.8 Å². The molecule has 0 heterocycles. The molecule has 37 heavy (non-hydrogen) atoms. The van der Waals surface area contributed by atoms with Gasteiger partial charge < -0.3 is 0 Å². The van der Waals surface area contributed by atoms with Gasteiger partial charge in [0.2, 0.25) is 0 Å². The molecule has 2 aromatic rings. The monoisotopic (exact) mass is 504 g/mol. The molecule has 0 saturated heterocycles. The van der Waals surface area contributed by atoms with Gasteiger partial charge in [0.25, 0.3) is 0 Å². The van der Waals surface area contributed by atoms with E-state index in [-0.39, 0.29) is 32.5 Å². The highest BCUT2D eigenvalue weighted by atomic mass is 14.4. The minimum atomic E-state index is 0.0463. The van der Waals surface area contributed by atoms with Crippen LogP contribution in [0.2, 0.25) is 0 Å². The molecule has 0 unspecified atom stereocenters. The first-order valence-electron chi connectivity index (χ1n) is 14.5. The van der Waals surface area contributed by atoms with Gasteiger partial charge in [0.05, 0.1) is 0 Å². The van der Waals surface area contributed by atoms with Gasteiger partial charge in [0, 0.05) is 0 Å². The summed E-state index contributed by atoms with van der Waals surface area (Å²) in [6.07, 6.45) is 0.978. The average molecular weight is 505 g/mol. The van der Waals surface area contributed by atoms with Gasteiger partial charge in [-0.05, 0) is 83.4 Å². The second-order valence-corrected chi connectivity index (χ2v) is 17.7. The van der Waals surface area contributed by atoms with Crippen molar-refractivity contribution in [1.82, 2.24) is 0 Å². The fourth-order valence-corrected chi connectivity index (χ4v) is 6.21. The van der Waals surface area contributed by atoms with E-state index in [4.69, 9.17) is 0 Å². The van der Waals surface area contributed by atoms with Gasteiger partial charge in [-0.1, -0.05) is 149 Å². The van der Waals surface area contributed by atoms with E-state index >= 15 is 0 Å². The van der Waals surface area contributed by atoms with E-state index in [0.717, 1.165) is 6.42 Å². The molecule has 0 aliphatic rings. The molecule has 208 valence electrons. The molecular weight excluding hydrogens is 444 g/mol. The Labute approximate surface area is 232 Å². The van der Waals surface area contributed by atoms with Gasteiger partial charge >= 0.3 is 0 Å². The first-order chi connectivity index (χ1) is 16.2. The first-order valence-corrected chi connectivity index (χ1v) is 14.5. The van der Waals surface area contributed by atoms with E-state index in [0.29, 0.717) is 0 Å². The average Bonchev–Trinajstić information content (AvgIpc) is 2.62. The van der Waals surface area contributed by atoms with Gasteiger partial charge in [-0.2, -0.15) is 0 Å². The Morgan fingerprint density at radius 1 is 0.324 bits per heavy atom. The smallest absolute Gasteiger partial charge is 0.00138 e. The van der Waals surface area contributed by atoms with E-state index in [1.807, 2.05) is 0 Å². The molecule has 0 fully saturated rings. The third kappa shape index (κ3) is 6.91. The van der Waals surface area contributed by atoms with Gasteiger partial charge in [0.1, 0.15) is 0 Å². The van der Waals surface area contributed by atoms with Crippen LogP contribution >= 0.6 is 0 Å². The van der Waals surface area contributed by atoms with Gasteiger partial charge in [-0.25, -0.2) is 0 Å². The molecule has 0 radical (unpaired) electrons. The van der Waals surface area contributed by atoms with Crippen molar-refractivity contribution >= 4 is 0 Å². The van der Waals surface area contributed by atoms with E-state index in [1.165, 1.54) is 22.3 Å². The molecule has 0 spiro atoms. The van der Waals surface area contributed by atoms with Crippen molar-refractivity contribution in [3.8, 4) is 0 Å². The lowest BCUT2D eigenvalue weighted by molar-refractivity contribution is 0.507. The third-order valence-electron chi connectivity index (χ3n) is 7.71. The van der Waals surface area contributed by atoms with Crippen LogP contribution in [-0.4, -0.2) is 0 Å². The van der Waals surface area contributed by atoms with Gasteiger partial charge in [-0.3, -0.25) is 0 Å². The Morgan fingerprint density at radius 3 is 0.730 bits per heavy atom. The number of hydrogen-bond donors (Lipinski definition) is 0. The highest BCUT2D eigenvalue weighted by molar-refractivity contribution is 5.56. The highest BCUT2D eigenvalue weighted by Crippen LogP contribution is 2.46. The predicted octanol–water partition coefficient (Wildman–Crippen LogP) is 11.1. The summed E-state index contributed by atoms with van der Waals surface area (Å²) in [5, 5.41) is 0. The maximum atomic E-state index is 2.45. The molecule has 0 heteroatoms. The molecule has 0 nitrogen and oxygen atoms in total. The molecule has 0 saturated carbocycles. The van der Waals surface area contributed by atoms with Crippen LogP contribution in [0.3, 0.4) is 0 Å². The summed E-state index contributed by atoms with van der Waals surface area (Å²) in [6.45, 7) is 43.0. The Morgan fingerprint density at radius 2 is 0.541 bits per heavy atom. The number of hydrogen-bond acceptors (Lipinski definition) is 0. The van der Waals surface area contributed by atoms with Crippen LogP contribution < -0.4 is 0 Å². The molecule has 0 aliphatic heterocycles. The minimum absolute atomic E-state index is 0.0463. The maximum Gasteiger partial charge on any atom is -0.00138 e. The predicted molar refractivity (Wildman–Crippen MR) is 168 cm³/mol. The molecule has 0 amide bonds. The fourth-order valence-electron chi connectivity index (χ4n) is 6.21. The first kappa shape index (κ1) is 31.7. The summed E-state index contributed by atoms with van der Waals surface area (Å²) in [5.41, 5.74) is 12.6. The normalized spacial score (nSPS) is 14.3. The Bertz CT molecular complexity index is 1020. The number of benzene rings is 2. The summed E-state index contributed by atoms with van der Waals surface area (Å²) in [4.78, 5) is 0. The molecule has 0 bridgehead atoms. The minimum Gasteiger partial charge on any atom is -0.0579 e.